The number of hydrogen-bond acceptors (Lipinski definition) is 0. The van der Waals surface area contributed by atoms with Gasteiger partial charge in [-0.3, -0.25) is 0 Å². The molecule has 0 amide bonds. The molecule has 2 heterocycles. The van der Waals surface area contributed by atoms with Crippen LogP contribution in [0.25, 0.3) is 10.9 Å². The van der Waals surface area contributed by atoms with E-state index in [0.29, 0.717) is 6.04 Å². The number of aryl methyl sites for hydroxylation is 1. The minimum atomic E-state index is 0.553. The Morgan fingerprint density at radius 2 is 2.00 bits per heavy atom. The topological polar surface area (TPSA) is 9.86 Å². The summed E-state index contributed by atoms with van der Waals surface area (Å²) in [5.74, 6) is 0. The zero-order valence-corrected chi connectivity index (χ0v) is 7.78. The van der Waals surface area contributed by atoms with Gasteiger partial charge in [-0.05, 0) is 19.9 Å². The second-order valence-corrected chi connectivity index (χ2v) is 3.57. The number of nitrogens with zero attached hydrogens (tertiary/aromatic N) is 2. The first kappa shape index (κ1) is 7.47. The maximum atomic E-state index is 2.24. The van der Waals surface area contributed by atoms with E-state index in [2.05, 4.69) is 54.7 Å². The molecule has 0 radical (unpaired) electrons. The highest BCUT2D eigenvalue weighted by molar-refractivity contribution is 5.79. The van der Waals surface area contributed by atoms with Crippen LogP contribution in [0.4, 0.5) is 0 Å². The van der Waals surface area contributed by atoms with Crippen LogP contribution in [0, 0.1) is 0 Å². The van der Waals surface area contributed by atoms with Gasteiger partial charge in [-0.2, -0.15) is 0 Å². The van der Waals surface area contributed by atoms with Gasteiger partial charge in [0.1, 0.15) is 0 Å². The first-order valence-electron chi connectivity index (χ1n) is 4.31. The van der Waals surface area contributed by atoms with Gasteiger partial charge in [-0.15, -0.1) is 0 Å². The highest BCUT2D eigenvalue weighted by atomic mass is 15.0. The summed E-state index contributed by atoms with van der Waals surface area (Å²) in [4.78, 5) is 0. The maximum Gasteiger partial charge on any atom is 0.0657 e. The lowest BCUT2D eigenvalue weighted by Gasteiger charge is -2.04. The van der Waals surface area contributed by atoms with Crippen LogP contribution in [-0.4, -0.2) is 9.13 Å². The van der Waals surface area contributed by atoms with Crippen molar-refractivity contribution in [2.24, 2.45) is 7.05 Å². The molecule has 0 unspecified atom stereocenters. The minimum absolute atomic E-state index is 0.553. The predicted molar refractivity (Wildman–Crippen MR) is 51.3 cm³/mol. The smallest absolute Gasteiger partial charge is 0.0657 e. The van der Waals surface area contributed by atoms with E-state index in [0.717, 1.165) is 0 Å². The summed E-state index contributed by atoms with van der Waals surface area (Å²) in [6.07, 6.45) is 6.48. The van der Waals surface area contributed by atoms with Crippen molar-refractivity contribution in [2.75, 3.05) is 0 Å². The van der Waals surface area contributed by atoms with Gasteiger partial charge in [0, 0.05) is 37.1 Å². The Hall–Kier alpha value is -1.18. The van der Waals surface area contributed by atoms with Crippen LogP contribution in [0.1, 0.15) is 19.9 Å². The van der Waals surface area contributed by atoms with Crippen molar-refractivity contribution in [3.63, 3.8) is 0 Å². The lowest BCUT2D eigenvalue weighted by Crippen LogP contribution is -1.95. The fourth-order valence-electron chi connectivity index (χ4n) is 1.47. The van der Waals surface area contributed by atoms with Gasteiger partial charge >= 0.3 is 0 Å². The van der Waals surface area contributed by atoms with Crippen LogP contribution >= 0.6 is 0 Å². The molecule has 0 bridgehead atoms. The molecule has 12 heavy (non-hydrogen) atoms. The van der Waals surface area contributed by atoms with Crippen LogP contribution in [0.2, 0.25) is 0 Å². The number of aromatic nitrogens is 2. The third kappa shape index (κ3) is 0.951. The molecular formula is C10H14N2. The lowest BCUT2D eigenvalue weighted by molar-refractivity contribution is 0.605. The minimum Gasteiger partial charge on any atom is -0.349 e. The van der Waals surface area contributed by atoms with Gasteiger partial charge in [0.25, 0.3) is 0 Å². The third-order valence-corrected chi connectivity index (χ3v) is 2.31. The van der Waals surface area contributed by atoms with Crippen LogP contribution < -0.4 is 0 Å². The van der Waals surface area contributed by atoms with Crippen LogP contribution in [0.15, 0.2) is 24.7 Å². The predicted octanol–water partition coefficient (Wildman–Crippen LogP) is 2.56. The Morgan fingerprint density at radius 1 is 1.25 bits per heavy atom. The molecule has 2 heteroatoms. The zero-order chi connectivity index (χ0) is 8.72. The van der Waals surface area contributed by atoms with E-state index >= 15 is 0 Å². The van der Waals surface area contributed by atoms with Crippen molar-refractivity contribution in [3.8, 4) is 0 Å². The highest BCUT2D eigenvalue weighted by Crippen LogP contribution is 2.18. The largest absolute Gasteiger partial charge is 0.349 e. The molecule has 0 aliphatic carbocycles. The average Bonchev–Trinajstić information content (AvgIpc) is 2.53. The Morgan fingerprint density at radius 3 is 2.58 bits per heavy atom. The first-order chi connectivity index (χ1) is 5.68. The molecule has 2 rings (SSSR count). The fourth-order valence-corrected chi connectivity index (χ4v) is 1.47. The fraction of sp³-hybridized carbons (Fsp3) is 0.400. The van der Waals surface area contributed by atoms with E-state index in [4.69, 9.17) is 0 Å². The monoisotopic (exact) mass is 162 g/mol. The highest BCUT2D eigenvalue weighted by Gasteiger charge is 2.03. The van der Waals surface area contributed by atoms with Gasteiger partial charge in [0.05, 0.1) is 5.52 Å². The molecule has 64 valence electrons. The van der Waals surface area contributed by atoms with Gasteiger partial charge in [0.15, 0.2) is 0 Å². The average molecular weight is 162 g/mol. The summed E-state index contributed by atoms with van der Waals surface area (Å²) in [5.41, 5.74) is 1.31. The maximum absolute atomic E-state index is 2.24. The van der Waals surface area contributed by atoms with E-state index in [1.807, 2.05) is 0 Å². The molecule has 0 N–H and O–H groups in total. The van der Waals surface area contributed by atoms with Crippen molar-refractivity contribution in [2.45, 2.75) is 19.9 Å². The summed E-state index contributed by atoms with van der Waals surface area (Å²) in [6.45, 7) is 4.39. The molecule has 0 atom stereocenters. The van der Waals surface area contributed by atoms with Gasteiger partial charge in [-0.25, -0.2) is 0 Å². The summed E-state index contributed by atoms with van der Waals surface area (Å²) < 4.78 is 4.39. The molecule has 2 aromatic heterocycles. The standard InChI is InChI=1S/C10H14N2/c1-8(2)12-6-9-4-5-11(3)10(9)7-12/h4-8H,1-3H3. The normalized spacial score (nSPS) is 11.7. The summed E-state index contributed by atoms with van der Waals surface area (Å²) >= 11 is 0. The quantitative estimate of drug-likeness (QED) is 0.610. The van der Waals surface area contributed by atoms with Gasteiger partial charge in [0.2, 0.25) is 0 Å². The summed E-state index contributed by atoms with van der Waals surface area (Å²) in [6, 6.07) is 2.70. The second-order valence-electron chi connectivity index (χ2n) is 3.57. The van der Waals surface area contributed by atoms with E-state index in [1.165, 1.54) is 10.9 Å². The molecule has 0 saturated heterocycles. The lowest BCUT2D eigenvalue weighted by atomic mass is 10.4. The van der Waals surface area contributed by atoms with Gasteiger partial charge in [-0.1, -0.05) is 0 Å². The molecule has 0 saturated carbocycles. The third-order valence-electron chi connectivity index (χ3n) is 2.31. The van der Waals surface area contributed by atoms with E-state index in [1.54, 1.807) is 0 Å². The second kappa shape index (κ2) is 2.41. The molecule has 0 aliphatic heterocycles. The molecule has 0 aromatic carbocycles. The van der Waals surface area contributed by atoms with Crippen molar-refractivity contribution in [1.29, 1.82) is 0 Å². The van der Waals surface area contributed by atoms with E-state index < -0.39 is 0 Å². The van der Waals surface area contributed by atoms with E-state index in [-0.39, 0.29) is 0 Å². The number of hydrogen-bond donors (Lipinski definition) is 0. The Balaban J connectivity index is 2.63. The number of rotatable bonds is 1. The van der Waals surface area contributed by atoms with Crippen LogP contribution in [-0.2, 0) is 7.05 Å². The van der Waals surface area contributed by atoms with E-state index in [9.17, 15) is 0 Å². The van der Waals surface area contributed by atoms with Crippen molar-refractivity contribution in [3.05, 3.63) is 24.7 Å². The summed E-state index contributed by atoms with van der Waals surface area (Å²) in [5, 5.41) is 1.33. The number of fused-ring (bicyclic) bond motifs is 1. The van der Waals surface area contributed by atoms with Crippen LogP contribution in [0.5, 0.6) is 0 Å². The molecule has 2 aromatic rings. The molecule has 2 nitrogen and oxygen atoms in total. The van der Waals surface area contributed by atoms with Gasteiger partial charge < -0.3 is 9.13 Å². The molecule has 0 fully saturated rings. The SMILES string of the molecule is CC(C)n1cc2ccn(C)c2c1. The van der Waals surface area contributed by atoms with Crippen molar-refractivity contribution >= 4 is 10.9 Å². The molecule has 0 spiro atoms. The molecular weight excluding hydrogens is 148 g/mol. The summed E-state index contributed by atoms with van der Waals surface area (Å²) in [7, 11) is 2.08. The Bertz CT molecular complexity index is 393. The van der Waals surface area contributed by atoms with Crippen LogP contribution in [0.3, 0.4) is 0 Å². The Kier molecular flexibility index (Phi) is 1.50. The first-order valence-corrected chi connectivity index (χ1v) is 4.31. The molecule has 0 aliphatic rings. The van der Waals surface area contributed by atoms with Crippen molar-refractivity contribution < 1.29 is 0 Å². The zero-order valence-electron chi connectivity index (χ0n) is 7.78. The Labute approximate surface area is 72.4 Å². The van der Waals surface area contributed by atoms with Crippen molar-refractivity contribution in [1.82, 2.24) is 9.13 Å².